The molecule has 0 radical (unpaired) electrons. The van der Waals surface area contributed by atoms with Crippen LogP contribution in [-0.2, 0) is 11.3 Å². The number of rotatable bonds is 5. The lowest BCUT2D eigenvalue weighted by Crippen LogP contribution is -2.35. The Hall–Kier alpha value is -2.07. The second-order valence-electron chi connectivity index (χ2n) is 4.96. The SMILES string of the molecule is Cc1ccc(CNC(=O)C(C)C(N)c2ccccc2)o1. The maximum absolute atomic E-state index is 12.1. The molecule has 20 heavy (non-hydrogen) atoms. The molecule has 0 aliphatic heterocycles. The third kappa shape index (κ3) is 3.48. The normalized spacial score (nSPS) is 13.8. The Labute approximate surface area is 119 Å². The van der Waals surface area contributed by atoms with Crippen LogP contribution in [0.5, 0.6) is 0 Å². The van der Waals surface area contributed by atoms with Crippen LogP contribution in [0.3, 0.4) is 0 Å². The monoisotopic (exact) mass is 272 g/mol. The van der Waals surface area contributed by atoms with Crippen molar-refractivity contribution in [2.24, 2.45) is 11.7 Å². The van der Waals surface area contributed by atoms with Crippen LogP contribution in [0.15, 0.2) is 46.9 Å². The van der Waals surface area contributed by atoms with Crippen molar-refractivity contribution in [3.05, 3.63) is 59.5 Å². The smallest absolute Gasteiger partial charge is 0.225 e. The first kappa shape index (κ1) is 14.3. The maximum atomic E-state index is 12.1. The summed E-state index contributed by atoms with van der Waals surface area (Å²) in [7, 11) is 0. The molecule has 0 aliphatic rings. The first-order valence-electron chi connectivity index (χ1n) is 6.71. The predicted molar refractivity (Wildman–Crippen MR) is 77.8 cm³/mol. The fourth-order valence-electron chi connectivity index (χ4n) is 2.04. The topological polar surface area (TPSA) is 68.3 Å². The van der Waals surface area contributed by atoms with E-state index >= 15 is 0 Å². The minimum Gasteiger partial charge on any atom is -0.465 e. The molecule has 1 aromatic carbocycles. The standard InChI is InChI=1S/C16H20N2O2/c1-11-8-9-14(20-11)10-18-16(19)12(2)15(17)13-6-4-3-5-7-13/h3-9,12,15H,10,17H2,1-2H3,(H,18,19). The van der Waals surface area contributed by atoms with Crippen molar-refractivity contribution in [1.82, 2.24) is 5.32 Å². The molecule has 2 rings (SSSR count). The molecule has 1 aromatic heterocycles. The number of hydrogen-bond acceptors (Lipinski definition) is 3. The number of nitrogens with one attached hydrogen (secondary N) is 1. The number of furan rings is 1. The van der Waals surface area contributed by atoms with Gasteiger partial charge in [0.1, 0.15) is 11.5 Å². The van der Waals surface area contributed by atoms with E-state index in [9.17, 15) is 4.79 Å². The molecule has 3 N–H and O–H groups in total. The average molecular weight is 272 g/mol. The van der Waals surface area contributed by atoms with Gasteiger partial charge in [-0.2, -0.15) is 0 Å². The van der Waals surface area contributed by atoms with Gasteiger partial charge in [0.25, 0.3) is 0 Å². The second-order valence-corrected chi connectivity index (χ2v) is 4.96. The summed E-state index contributed by atoms with van der Waals surface area (Å²) in [6, 6.07) is 13.1. The molecule has 0 saturated carbocycles. The van der Waals surface area contributed by atoms with E-state index in [1.165, 1.54) is 0 Å². The zero-order valence-electron chi connectivity index (χ0n) is 11.8. The van der Waals surface area contributed by atoms with E-state index in [-0.39, 0.29) is 17.9 Å². The number of hydrogen-bond donors (Lipinski definition) is 2. The summed E-state index contributed by atoms with van der Waals surface area (Å²) >= 11 is 0. The van der Waals surface area contributed by atoms with E-state index in [2.05, 4.69) is 5.32 Å². The quantitative estimate of drug-likeness (QED) is 0.879. The number of carbonyl (C=O) groups is 1. The summed E-state index contributed by atoms with van der Waals surface area (Å²) in [5.74, 6) is 1.21. The highest BCUT2D eigenvalue weighted by Crippen LogP contribution is 2.19. The van der Waals surface area contributed by atoms with Gasteiger partial charge in [0.2, 0.25) is 5.91 Å². The van der Waals surface area contributed by atoms with E-state index < -0.39 is 0 Å². The van der Waals surface area contributed by atoms with Crippen LogP contribution in [-0.4, -0.2) is 5.91 Å². The van der Waals surface area contributed by atoms with Gasteiger partial charge in [-0.25, -0.2) is 0 Å². The molecule has 1 heterocycles. The number of amides is 1. The Morgan fingerprint density at radius 1 is 1.25 bits per heavy atom. The molecule has 2 aromatic rings. The zero-order valence-corrected chi connectivity index (χ0v) is 11.8. The molecule has 2 atom stereocenters. The van der Waals surface area contributed by atoms with Crippen molar-refractivity contribution < 1.29 is 9.21 Å². The fraction of sp³-hybridized carbons (Fsp3) is 0.312. The minimum atomic E-state index is -0.311. The third-order valence-corrected chi connectivity index (χ3v) is 3.37. The molecule has 4 nitrogen and oxygen atoms in total. The van der Waals surface area contributed by atoms with Crippen molar-refractivity contribution in [2.75, 3.05) is 0 Å². The van der Waals surface area contributed by atoms with Gasteiger partial charge in [-0.05, 0) is 24.6 Å². The van der Waals surface area contributed by atoms with Crippen LogP contribution < -0.4 is 11.1 Å². The Balaban J connectivity index is 1.91. The van der Waals surface area contributed by atoms with Crippen molar-refractivity contribution in [3.63, 3.8) is 0 Å². The van der Waals surface area contributed by atoms with Crippen LogP contribution in [0.1, 0.15) is 30.0 Å². The lowest BCUT2D eigenvalue weighted by atomic mass is 9.95. The molecule has 0 aliphatic carbocycles. The van der Waals surface area contributed by atoms with E-state index in [4.69, 9.17) is 10.2 Å². The Morgan fingerprint density at radius 2 is 1.95 bits per heavy atom. The summed E-state index contributed by atoms with van der Waals surface area (Å²) in [6.45, 7) is 4.10. The predicted octanol–water partition coefficient (Wildman–Crippen LogP) is 2.54. The first-order valence-corrected chi connectivity index (χ1v) is 6.71. The number of carbonyl (C=O) groups excluding carboxylic acids is 1. The highest BCUT2D eigenvalue weighted by atomic mass is 16.3. The van der Waals surface area contributed by atoms with Gasteiger partial charge in [-0.15, -0.1) is 0 Å². The third-order valence-electron chi connectivity index (χ3n) is 3.37. The largest absolute Gasteiger partial charge is 0.465 e. The van der Waals surface area contributed by atoms with Gasteiger partial charge in [-0.3, -0.25) is 4.79 Å². The van der Waals surface area contributed by atoms with Gasteiger partial charge in [0.15, 0.2) is 0 Å². The number of nitrogens with two attached hydrogens (primary N) is 1. The van der Waals surface area contributed by atoms with Crippen LogP contribution in [0.25, 0.3) is 0 Å². The molecular weight excluding hydrogens is 252 g/mol. The summed E-state index contributed by atoms with van der Waals surface area (Å²) in [5, 5.41) is 2.85. The lowest BCUT2D eigenvalue weighted by molar-refractivity contribution is -0.125. The van der Waals surface area contributed by atoms with Crippen molar-refractivity contribution in [2.45, 2.75) is 26.4 Å². The summed E-state index contributed by atoms with van der Waals surface area (Å²) < 4.78 is 5.41. The van der Waals surface area contributed by atoms with E-state index in [0.29, 0.717) is 6.54 Å². The molecule has 4 heteroatoms. The van der Waals surface area contributed by atoms with E-state index in [0.717, 1.165) is 17.1 Å². The van der Waals surface area contributed by atoms with Gasteiger partial charge in [0, 0.05) is 6.04 Å². The summed E-state index contributed by atoms with van der Waals surface area (Å²) in [5.41, 5.74) is 7.09. The fourth-order valence-corrected chi connectivity index (χ4v) is 2.04. The highest BCUT2D eigenvalue weighted by Gasteiger charge is 2.21. The molecule has 1 amide bonds. The highest BCUT2D eigenvalue weighted by molar-refractivity contribution is 5.79. The second kappa shape index (κ2) is 6.39. The number of benzene rings is 1. The molecule has 2 unspecified atom stereocenters. The lowest BCUT2D eigenvalue weighted by Gasteiger charge is -2.19. The Bertz CT molecular complexity index is 563. The molecule has 0 bridgehead atoms. The van der Waals surface area contributed by atoms with Gasteiger partial charge in [-0.1, -0.05) is 37.3 Å². The average Bonchev–Trinajstić information content (AvgIpc) is 2.89. The van der Waals surface area contributed by atoms with Crippen molar-refractivity contribution in [1.29, 1.82) is 0 Å². The van der Waals surface area contributed by atoms with E-state index in [1.807, 2.05) is 56.3 Å². The number of aryl methyl sites for hydroxylation is 1. The van der Waals surface area contributed by atoms with Crippen molar-refractivity contribution in [3.8, 4) is 0 Å². The van der Waals surface area contributed by atoms with Gasteiger partial charge in [0.05, 0.1) is 12.5 Å². The van der Waals surface area contributed by atoms with Crippen molar-refractivity contribution >= 4 is 5.91 Å². The molecule has 106 valence electrons. The van der Waals surface area contributed by atoms with Crippen LogP contribution in [0, 0.1) is 12.8 Å². The zero-order chi connectivity index (χ0) is 14.5. The Morgan fingerprint density at radius 3 is 2.55 bits per heavy atom. The molecule has 0 saturated heterocycles. The van der Waals surface area contributed by atoms with Crippen LogP contribution in [0.4, 0.5) is 0 Å². The van der Waals surface area contributed by atoms with Crippen LogP contribution in [0.2, 0.25) is 0 Å². The first-order chi connectivity index (χ1) is 9.58. The molecular formula is C16H20N2O2. The van der Waals surface area contributed by atoms with Gasteiger partial charge >= 0.3 is 0 Å². The Kier molecular flexibility index (Phi) is 4.58. The molecule has 0 fully saturated rings. The van der Waals surface area contributed by atoms with E-state index in [1.54, 1.807) is 0 Å². The van der Waals surface area contributed by atoms with Crippen LogP contribution >= 0.6 is 0 Å². The summed E-state index contributed by atoms with van der Waals surface area (Å²) in [6.07, 6.45) is 0. The summed E-state index contributed by atoms with van der Waals surface area (Å²) in [4.78, 5) is 12.1. The van der Waals surface area contributed by atoms with Gasteiger partial charge < -0.3 is 15.5 Å². The maximum Gasteiger partial charge on any atom is 0.225 e. The minimum absolute atomic E-state index is 0.0737. The molecule has 0 spiro atoms.